The molecule has 0 aromatic heterocycles. The van der Waals surface area contributed by atoms with E-state index >= 15 is 0 Å². The van der Waals surface area contributed by atoms with Crippen molar-refractivity contribution >= 4 is 5.91 Å². The Kier molecular flexibility index (Phi) is 5.46. The molecule has 0 saturated carbocycles. The molecule has 0 bridgehead atoms. The minimum atomic E-state index is 0.274. The zero-order chi connectivity index (χ0) is 15.2. The lowest BCUT2D eigenvalue weighted by Gasteiger charge is -2.36. The van der Waals surface area contributed by atoms with Crippen LogP contribution in [0, 0.1) is 5.92 Å². The van der Waals surface area contributed by atoms with Crippen LogP contribution in [0.25, 0.3) is 0 Å². The zero-order valence-electron chi connectivity index (χ0n) is 13.2. The monoisotopic (exact) mass is 302 g/mol. The molecule has 0 unspecified atom stereocenters. The van der Waals surface area contributed by atoms with Crippen molar-refractivity contribution < 1.29 is 9.53 Å². The van der Waals surface area contributed by atoms with Crippen molar-refractivity contribution in [3.63, 3.8) is 0 Å². The molecule has 1 aromatic rings. The summed E-state index contributed by atoms with van der Waals surface area (Å²) in [6, 6.07) is 10.0. The second-order valence-corrected chi connectivity index (χ2v) is 6.40. The summed E-state index contributed by atoms with van der Waals surface area (Å²) in [5.41, 5.74) is 1.11. The van der Waals surface area contributed by atoms with Gasteiger partial charge < -0.3 is 9.64 Å². The van der Waals surface area contributed by atoms with E-state index in [0.717, 1.165) is 63.7 Å². The molecule has 0 aliphatic carbocycles. The van der Waals surface area contributed by atoms with E-state index < -0.39 is 0 Å². The van der Waals surface area contributed by atoms with Gasteiger partial charge in [0.2, 0.25) is 5.91 Å². The Labute approximate surface area is 133 Å². The fourth-order valence-electron chi connectivity index (χ4n) is 3.40. The second-order valence-electron chi connectivity index (χ2n) is 6.40. The van der Waals surface area contributed by atoms with Crippen LogP contribution in [0.15, 0.2) is 30.3 Å². The van der Waals surface area contributed by atoms with Crippen LogP contribution in [0.3, 0.4) is 0 Å². The number of carbonyl (C=O) groups excluding carboxylic acids is 1. The highest BCUT2D eigenvalue weighted by molar-refractivity contribution is 5.78. The third-order valence-corrected chi connectivity index (χ3v) is 4.79. The molecule has 2 aliphatic heterocycles. The fourth-order valence-corrected chi connectivity index (χ4v) is 3.40. The quantitative estimate of drug-likeness (QED) is 0.850. The molecule has 22 heavy (non-hydrogen) atoms. The van der Waals surface area contributed by atoms with Crippen molar-refractivity contribution in [1.29, 1.82) is 0 Å². The van der Waals surface area contributed by atoms with Crippen molar-refractivity contribution in [2.75, 3.05) is 45.9 Å². The van der Waals surface area contributed by atoms with Gasteiger partial charge in [-0.05, 0) is 24.3 Å². The summed E-state index contributed by atoms with van der Waals surface area (Å²) in [7, 11) is 0. The number of amides is 1. The standard InChI is InChI=1S/C18H26N2O2/c21-18(14-16-4-2-1-3-5-16)20-8-6-17(7-9-20)15-19-10-12-22-13-11-19/h1-5,17H,6-15H2. The molecule has 4 nitrogen and oxygen atoms in total. The number of nitrogens with zero attached hydrogens (tertiary/aromatic N) is 2. The molecule has 2 aliphatic rings. The highest BCUT2D eigenvalue weighted by atomic mass is 16.5. The molecular weight excluding hydrogens is 276 g/mol. The molecule has 1 amide bonds. The third-order valence-electron chi connectivity index (χ3n) is 4.79. The summed E-state index contributed by atoms with van der Waals surface area (Å²) < 4.78 is 5.40. The first kappa shape index (κ1) is 15.5. The Balaban J connectivity index is 1.42. The van der Waals surface area contributed by atoms with Gasteiger partial charge in [-0.1, -0.05) is 30.3 Å². The first-order valence-corrected chi connectivity index (χ1v) is 8.43. The Morgan fingerprint density at radius 1 is 1.05 bits per heavy atom. The minimum Gasteiger partial charge on any atom is -0.379 e. The van der Waals surface area contributed by atoms with E-state index in [4.69, 9.17) is 4.74 Å². The number of rotatable bonds is 4. The van der Waals surface area contributed by atoms with E-state index in [0.29, 0.717) is 6.42 Å². The summed E-state index contributed by atoms with van der Waals surface area (Å²) in [6.07, 6.45) is 2.81. The molecule has 3 rings (SSSR count). The van der Waals surface area contributed by atoms with Crippen LogP contribution in [0.2, 0.25) is 0 Å². The van der Waals surface area contributed by atoms with Crippen LogP contribution in [-0.4, -0.2) is 61.6 Å². The summed E-state index contributed by atoms with van der Waals surface area (Å²) in [4.78, 5) is 16.9. The van der Waals surface area contributed by atoms with Gasteiger partial charge in [0.25, 0.3) is 0 Å². The van der Waals surface area contributed by atoms with Crippen molar-refractivity contribution in [2.24, 2.45) is 5.92 Å². The molecule has 0 radical (unpaired) electrons. The normalized spacial score (nSPS) is 21.0. The first-order chi connectivity index (χ1) is 10.8. The van der Waals surface area contributed by atoms with Crippen molar-refractivity contribution in [1.82, 2.24) is 9.80 Å². The molecule has 2 heterocycles. The molecule has 1 aromatic carbocycles. The van der Waals surface area contributed by atoms with Crippen LogP contribution in [-0.2, 0) is 16.0 Å². The second kappa shape index (κ2) is 7.75. The van der Waals surface area contributed by atoms with Gasteiger partial charge in [-0.2, -0.15) is 0 Å². The van der Waals surface area contributed by atoms with Crippen molar-refractivity contribution in [2.45, 2.75) is 19.3 Å². The number of hydrogen-bond acceptors (Lipinski definition) is 3. The van der Waals surface area contributed by atoms with Crippen molar-refractivity contribution in [3.8, 4) is 0 Å². The zero-order valence-corrected chi connectivity index (χ0v) is 13.2. The summed E-state index contributed by atoms with van der Waals surface area (Å²) in [6.45, 7) is 6.87. The number of carbonyl (C=O) groups is 1. The molecule has 2 saturated heterocycles. The maximum Gasteiger partial charge on any atom is 0.226 e. The first-order valence-electron chi connectivity index (χ1n) is 8.43. The van der Waals surface area contributed by atoms with Crippen molar-refractivity contribution in [3.05, 3.63) is 35.9 Å². The van der Waals surface area contributed by atoms with E-state index in [2.05, 4.69) is 4.90 Å². The van der Waals surface area contributed by atoms with Crippen LogP contribution < -0.4 is 0 Å². The van der Waals surface area contributed by atoms with Gasteiger partial charge in [0.05, 0.1) is 19.6 Å². The molecule has 0 spiro atoms. The Morgan fingerprint density at radius 3 is 2.41 bits per heavy atom. The van der Waals surface area contributed by atoms with Gasteiger partial charge in [-0.25, -0.2) is 0 Å². The third kappa shape index (κ3) is 4.31. The number of likely N-dealkylation sites (tertiary alicyclic amines) is 1. The molecule has 2 fully saturated rings. The lowest BCUT2D eigenvalue weighted by atomic mass is 9.95. The SMILES string of the molecule is O=C(Cc1ccccc1)N1CCC(CN2CCOCC2)CC1. The van der Waals surface area contributed by atoms with E-state index in [-0.39, 0.29) is 5.91 Å². The number of benzene rings is 1. The van der Waals surface area contributed by atoms with Crippen LogP contribution >= 0.6 is 0 Å². The number of ether oxygens (including phenoxy) is 1. The summed E-state index contributed by atoms with van der Waals surface area (Å²) in [5.74, 6) is 1.01. The van der Waals surface area contributed by atoms with E-state index in [9.17, 15) is 4.79 Å². The average molecular weight is 302 g/mol. The van der Waals surface area contributed by atoms with Gasteiger partial charge in [0.15, 0.2) is 0 Å². The minimum absolute atomic E-state index is 0.274. The van der Waals surface area contributed by atoms with Crippen LogP contribution in [0.4, 0.5) is 0 Å². The van der Waals surface area contributed by atoms with E-state index in [1.165, 1.54) is 6.54 Å². The number of hydrogen-bond donors (Lipinski definition) is 0. The van der Waals surface area contributed by atoms with Gasteiger partial charge in [0.1, 0.15) is 0 Å². The number of piperidine rings is 1. The Morgan fingerprint density at radius 2 is 1.73 bits per heavy atom. The summed E-state index contributed by atoms with van der Waals surface area (Å²) >= 11 is 0. The maximum atomic E-state index is 12.4. The number of morpholine rings is 1. The molecule has 0 N–H and O–H groups in total. The molecule has 0 atom stereocenters. The van der Waals surface area contributed by atoms with Gasteiger partial charge in [-0.15, -0.1) is 0 Å². The largest absolute Gasteiger partial charge is 0.379 e. The Bertz CT molecular complexity index is 463. The van der Waals surface area contributed by atoms with Gasteiger partial charge in [0, 0.05) is 32.7 Å². The van der Waals surface area contributed by atoms with Gasteiger partial charge in [-0.3, -0.25) is 9.69 Å². The molecule has 120 valence electrons. The highest BCUT2D eigenvalue weighted by Crippen LogP contribution is 2.19. The van der Waals surface area contributed by atoms with E-state index in [1.807, 2.05) is 35.2 Å². The maximum absolute atomic E-state index is 12.4. The topological polar surface area (TPSA) is 32.8 Å². The lowest BCUT2D eigenvalue weighted by Crippen LogP contribution is -2.44. The van der Waals surface area contributed by atoms with Crippen LogP contribution in [0.1, 0.15) is 18.4 Å². The summed E-state index contributed by atoms with van der Waals surface area (Å²) in [5, 5.41) is 0. The highest BCUT2D eigenvalue weighted by Gasteiger charge is 2.24. The van der Waals surface area contributed by atoms with Gasteiger partial charge >= 0.3 is 0 Å². The molecular formula is C18H26N2O2. The smallest absolute Gasteiger partial charge is 0.226 e. The fraction of sp³-hybridized carbons (Fsp3) is 0.611. The lowest BCUT2D eigenvalue weighted by molar-refractivity contribution is -0.132. The van der Waals surface area contributed by atoms with Crippen LogP contribution in [0.5, 0.6) is 0 Å². The predicted octanol–water partition coefficient (Wildman–Crippen LogP) is 1.80. The predicted molar refractivity (Wildman–Crippen MR) is 86.7 cm³/mol. The Hall–Kier alpha value is -1.39. The van der Waals surface area contributed by atoms with E-state index in [1.54, 1.807) is 0 Å². The molecule has 4 heteroatoms. The average Bonchev–Trinajstić information content (AvgIpc) is 2.57.